The van der Waals surface area contributed by atoms with Gasteiger partial charge in [-0.05, 0) is 36.9 Å². The van der Waals surface area contributed by atoms with Crippen LogP contribution in [0.3, 0.4) is 0 Å². The first-order chi connectivity index (χ1) is 19.2. The highest BCUT2D eigenvalue weighted by atomic mass is 19.4. The number of alkyl halides is 3. The fraction of sp³-hybridized carbons (Fsp3) is 0.241. The Balaban J connectivity index is 1.34. The average Bonchev–Trinajstić information content (AvgIpc) is 2.94. The number of hydrogen-bond donors (Lipinski definition) is 2. The molecule has 1 amide bonds. The van der Waals surface area contributed by atoms with E-state index >= 15 is 0 Å². The highest BCUT2D eigenvalue weighted by Gasteiger charge is 2.34. The molecule has 0 atom stereocenters. The van der Waals surface area contributed by atoms with Crippen LogP contribution in [-0.4, -0.2) is 63.9 Å². The average molecular weight is 546 g/mol. The van der Waals surface area contributed by atoms with Crippen LogP contribution in [0, 0.1) is 11.8 Å². The van der Waals surface area contributed by atoms with Crippen LogP contribution in [0.2, 0.25) is 0 Å². The fourth-order valence-electron chi connectivity index (χ4n) is 4.48. The summed E-state index contributed by atoms with van der Waals surface area (Å²) in [7, 11) is 1.99. The molecule has 40 heavy (non-hydrogen) atoms. The van der Waals surface area contributed by atoms with Crippen LogP contribution >= 0.6 is 0 Å². The van der Waals surface area contributed by atoms with Crippen molar-refractivity contribution in [1.29, 1.82) is 0 Å². The van der Waals surface area contributed by atoms with E-state index in [-0.39, 0.29) is 23.4 Å². The van der Waals surface area contributed by atoms with Crippen molar-refractivity contribution in [2.75, 3.05) is 44.3 Å². The lowest BCUT2D eigenvalue weighted by molar-refractivity contribution is -0.138. The van der Waals surface area contributed by atoms with E-state index in [4.69, 9.17) is 5.73 Å². The molecule has 1 saturated heterocycles. The summed E-state index contributed by atoms with van der Waals surface area (Å²) >= 11 is 0. The number of halogens is 3. The van der Waals surface area contributed by atoms with Crippen molar-refractivity contribution in [3.63, 3.8) is 0 Å². The standard InChI is InChI=1S/C29H26F3N7O/c1-38-8-10-39(11-9-38)18-21-4-5-23(13-26(21)29(30,31)32)37-28(40)22-12-19(14-35-15-22)2-3-20-16-36-27(33)24-6-7-34-17-25(20)24/h4-7,12-17H,8-11,18H2,1H3,(H2,33,36)(H,37,40). The number of aromatic nitrogens is 3. The Hall–Kier alpha value is -4.53. The molecule has 3 N–H and O–H groups in total. The molecule has 4 aromatic rings. The Kier molecular flexibility index (Phi) is 7.64. The zero-order chi connectivity index (χ0) is 28.3. The molecule has 0 radical (unpaired) electrons. The number of benzene rings is 1. The van der Waals surface area contributed by atoms with Crippen molar-refractivity contribution in [3.8, 4) is 11.8 Å². The number of nitrogens with zero attached hydrogens (tertiary/aromatic N) is 5. The normalized spacial score (nSPS) is 14.5. The number of nitrogens with one attached hydrogen (secondary N) is 1. The van der Waals surface area contributed by atoms with E-state index in [0.29, 0.717) is 30.0 Å². The van der Waals surface area contributed by atoms with Crippen LogP contribution < -0.4 is 11.1 Å². The van der Waals surface area contributed by atoms with Crippen molar-refractivity contribution < 1.29 is 18.0 Å². The highest BCUT2D eigenvalue weighted by molar-refractivity contribution is 6.04. The first-order valence-corrected chi connectivity index (χ1v) is 12.5. The van der Waals surface area contributed by atoms with Crippen molar-refractivity contribution in [2.24, 2.45) is 0 Å². The van der Waals surface area contributed by atoms with Crippen molar-refractivity contribution in [2.45, 2.75) is 12.7 Å². The van der Waals surface area contributed by atoms with Crippen LogP contribution in [0.5, 0.6) is 0 Å². The van der Waals surface area contributed by atoms with Gasteiger partial charge in [-0.3, -0.25) is 19.7 Å². The van der Waals surface area contributed by atoms with Gasteiger partial charge in [0.2, 0.25) is 0 Å². The minimum absolute atomic E-state index is 0.0443. The Labute approximate surface area is 229 Å². The summed E-state index contributed by atoms with van der Waals surface area (Å²) in [5, 5.41) is 4.02. The number of likely N-dealkylation sites (N-methyl/N-ethyl adjacent to an activating group) is 1. The second-order valence-corrected chi connectivity index (χ2v) is 9.59. The minimum Gasteiger partial charge on any atom is -0.383 e. The molecule has 0 unspecified atom stereocenters. The molecule has 0 spiro atoms. The second kappa shape index (κ2) is 11.3. The zero-order valence-electron chi connectivity index (χ0n) is 21.7. The van der Waals surface area contributed by atoms with Gasteiger partial charge in [0, 0.05) is 85.7 Å². The van der Waals surface area contributed by atoms with Gasteiger partial charge in [0.15, 0.2) is 0 Å². The molecule has 0 saturated carbocycles. The third kappa shape index (κ3) is 6.20. The lowest BCUT2D eigenvalue weighted by Gasteiger charge is -2.33. The molecule has 5 rings (SSSR count). The second-order valence-electron chi connectivity index (χ2n) is 9.59. The van der Waals surface area contributed by atoms with Gasteiger partial charge in [-0.15, -0.1) is 0 Å². The maximum atomic E-state index is 13.9. The van der Waals surface area contributed by atoms with Crippen LogP contribution in [0.15, 0.2) is 61.3 Å². The van der Waals surface area contributed by atoms with Gasteiger partial charge in [0.1, 0.15) is 5.82 Å². The number of nitrogen functional groups attached to an aromatic ring is 1. The first-order valence-electron chi connectivity index (χ1n) is 12.5. The van der Waals surface area contributed by atoms with E-state index in [0.717, 1.165) is 29.9 Å². The highest BCUT2D eigenvalue weighted by Crippen LogP contribution is 2.34. The quantitative estimate of drug-likeness (QED) is 0.374. The Bertz CT molecular complexity index is 1620. The van der Waals surface area contributed by atoms with E-state index < -0.39 is 17.6 Å². The summed E-state index contributed by atoms with van der Waals surface area (Å²) in [4.78, 5) is 29.4. The van der Waals surface area contributed by atoms with Gasteiger partial charge in [-0.25, -0.2) is 4.98 Å². The maximum absolute atomic E-state index is 13.9. The summed E-state index contributed by atoms with van der Waals surface area (Å²) in [6.45, 7) is 3.19. The molecular formula is C29H26F3N7O. The number of carbonyl (C=O) groups is 1. The molecular weight excluding hydrogens is 519 g/mol. The molecule has 1 fully saturated rings. The van der Waals surface area contributed by atoms with Gasteiger partial charge in [-0.1, -0.05) is 17.9 Å². The summed E-state index contributed by atoms with van der Waals surface area (Å²) in [5.74, 6) is 5.72. The van der Waals surface area contributed by atoms with E-state index in [2.05, 4.69) is 37.0 Å². The Morgan fingerprint density at radius 2 is 1.80 bits per heavy atom. The summed E-state index contributed by atoms with van der Waals surface area (Å²) in [5.41, 5.74) is 6.59. The van der Waals surface area contributed by atoms with Gasteiger partial charge < -0.3 is 16.0 Å². The third-order valence-corrected chi connectivity index (χ3v) is 6.72. The molecule has 1 aliphatic rings. The number of pyridine rings is 3. The van der Waals surface area contributed by atoms with Crippen LogP contribution in [0.4, 0.5) is 24.7 Å². The van der Waals surface area contributed by atoms with Gasteiger partial charge in [0.25, 0.3) is 5.91 Å². The molecule has 3 aromatic heterocycles. The summed E-state index contributed by atoms with van der Waals surface area (Å²) < 4.78 is 41.8. The predicted octanol–water partition coefficient (Wildman–Crippen LogP) is 4.03. The van der Waals surface area contributed by atoms with Crippen molar-refractivity contribution in [1.82, 2.24) is 24.8 Å². The molecule has 204 valence electrons. The molecule has 4 heterocycles. The van der Waals surface area contributed by atoms with Gasteiger partial charge in [0.05, 0.1) is 16.7 Å². The number of carbonyl (C=O) groups excluding carboxylic acids is 1. The topological polar surface area (TPSA) is 100 Å². The number of rotatable bonds is 4. The number of anilines is 2. The molecule has 0 bridgehead atoms. The third-order valence-electron chi connectivity index (χ3n) is 6.72. The lowest BCUT2D eigenvalue weighted by Crippen LogP contribution is -2.44. The summed E-state index contributed by atoms with van der Waals surface area (Å²) in [6.07, 6.45) is 3.06. The van der Waals surface area contributed by atoms with E-state index in [1.54, 1.807) is 24.7 Å². The van der Waals surface area contributed by atoms with Crippen LogP contribution in [-0.2, 0) is 12.7 Å². The largest absolute Gasteiger partial charge is 0.416 e. The Morgan fingerprint density at radius 1 is 1.00 bits per heavy atom. The minimum atomic E-state index is -4.56. The van der Waals surface area contributed by atoms with E-state index in [9.17, 15) is 18.0 Å². The molecule has 11 heteroatoms. The van der Waals surface area contributed by atoms with E-state index in [1.807, 2.05) is 11.9 Å². The van der Waals surface area contributed by atoms with Gasteiger partial charge in [-0.2, -0.15) is 13.2 Å². The smallest absolute Gasteiger partial charge is 0.383 e. The maximum Gasteiger partial charge on any atom is 0.416 e. The fourth-order valence-corrected chi connectivity index (χ4v) is 4.48. The number of nitrogens with two attached hydrogens (primary N) is 1. The molecule has 8 nitrogen and oxygen atoms in total. The van der Waals surface area contributed by atoms with Crippen molar-refractivity contribution >= 4 is 28.2 Å². The van der Waals surface area contributed by atoms with E-state index in [1.165, 1.54) is 30.6 Å². The Morgan fingerprint density at radius 3 is 2.58 bits per heavy atom. The number of amides is 1. The SMILES string of the molecule is CN1CCN(Cc2ccc(NC(=O)c3cncc(C#Cc4cnc(N)c5ccncc45)c3)cc2C(F)(F)F)CC1. The monoisotopic (exact) mass is 545 g/mol. The number of piperazine rings is 1. The number of fused-ring (bicyclic) bond motifs is 1. The van der Waals surface area contributed by atoms with Crippen LogP contribution in [0.25, 0.3) is 10.8 Å². The molecule has 1 aromatic carbocycles. The van der Waals surface area contributed by atoms with Crippen molar-refractivity contribution in [3.05, 3.63) is 89.1 Å². The molecule has 1 aliphatic heterocycles. The zero-order valence-corrected chi connectivity index (χ0v) is 21.7. The first kappa shape index (κ1) is 27.1. The van der Waals surface area contributed by atoms with Gasteiger partial charge >= 0.3 is 6.18 Å². The van der Waals surface area contributed by atoms with Crippen LogP contribution in [0.1, 0.15) is 32.6 Å². The predicted molar refractivity (Wildman–Crippen MR) is 146 cm³/mol. The number of hydrogen-bond acceptors (Lipinski definition) is 7. The lowest BCUT2D eigenvalue weighted by atomic mass is 10.0. The summed E-state index contributed by atoms with van der Waals surface area (Å²) in [6, 6.07) is 7.17. The molecule has 0 aliphatic carbocycles.